The van der Waals surface area contributed by atoms with Gasteiger partial charge < -0.3 is 15.5 Å². The third kappa shape index (κ3) is 5.96. The minimum atomic E-state index is 0. The van der Waals surface area contributed by atoms with Crippen molar-refractivity contribution < 1.29 is 4.79 Å². The molecule has 0 aromatic heterocycles. The highest BCUT2D eigenvalue weighted by molar-refractivity contribution is 14.0. The maximum atomic E-state index is 11.6. The van der Waals surface area contributed by atoms with Crippen molar-refractivity contribution in [1.82, 2.24) is 15.5 Å². The van der Waals surface area contributed by atoms with E-state index in [1.54, 1.807) is 0 Å². The number of hydrogen-bond donors (Lipinski definition) is 2. The Morgan fingerprint density at radius 2 is 1.96 bits per heavy atom. The first kappa shape index (κ1) is 20.7. The molecule has 2 rings (SSSR count). The summed E-state index contributed by atoms with van der Waals surface area (Å²) >= 11 is 0. The van der Waals surface area contributed by atoms with Gasteiger partial charge in [0.15, 0.2) is 5.96 Å². The van der Waals surface area contributed by atoms with Gasteiger partial charge >= 0.3 is 0 Å². The molecule has 0 bridgehead atoms. The first-order valence-electron chi connectivity index (χ1n) is 8.49. The van der Waals surface area contributed by atoms with E-state index in [4.69, 9.17) is 0 Å². The van der Waals surface area contributed by atoms with Gasteiger partial charge in [0.2, 0.25) is 5.91 Å². The van der Waals surface area contributed by atoms with Crippen molar-refractivity contribution in [2.45, 2.75) is 33.7 Å². The number of rotatable bonds is 5. The quantitative estimate of drug-likeness (QED) is 0.318. The maximum Gasteiger partial charge on any atom is 0.222 e. The van der Waals surface area contributed by atoms with Crippen molar-refractivity contribution in [3.63, 3.8) is 0 Å². The van der Waals surface area contributed by atoms with Crippen molar-refractivity contribution in [2.24, 2.45) is 10.9 Å². The number of guanidine groups is 1. The number of nitrogens with one attached hydrogen (secondary N) is 2. The van der Waals surface area contributed by atoms with Crippen LogP contribution in [0.1, 0.15) is 31.9 Å². The smallest absolute Gasteiger partial charge is 0.222 e. The zero-order valence-electron chi connectivity index (χ0n) is 14.8. The summed E-state index contributed by atoms with van der Waals surface area (Å²) < 4.78 is 0. The number of halogens is 1. The minimum Gasteiger partial charge on any atom is -0.357 e. The van der Waals surface area contributed by atoms with E-state index in [1.165, 1.54) is 11.1 Å². The fourth-order valence-corrected chi connectivity index (χ4v) is 2.65. The molecule has 0 fully saturated rings. The molecule has 1 aromatic rings. The Balaban J connectivity index is 0.00000288. The van der Waals surface area contributed by atoms with Gasteiger partial charge in [-0.1, -0.05) is 38.1 Å². The summed E-state index contributed by atoms with van der Waals surface area (Å²) in [6.45, 7) is 9.75. The van der Waals surface area contributed by atoms with Gasteiger partial charge in [-0.2, -0.15) is 0 Å². The van der Waals surface area contributed by atoms with Gasteiger partial charge in [0.25, 0.3) is 0 Å². The van der Waals surface area contributed by atoms with Crippen LogP contribution < -0.4 is 10.6 Å². The Hall–Kier alpha value is -1.31. The highest BCUT2D eigenvalue weighted by atomic mass is 127. The molecule has 0 atom stereocenters. The molecule has 0 spiro atoms. The van der Waals surface area contributed by atoms with E-state index in [1.807, 2.05) is 13.8 Å². The molecule has 5 nitrogen and oxygen atoms in total. The SMILES string of the molecule is CCNC(=NCCNC(=O)C(C)C)N1CCc2ccccc2C1.I. The monoisotopic (exact) mass is 444 g/mol. The number of nitrogens with zero attached hydrogens (tertiary/aromatic N) is 2. The molecule has 2 N–H and O–H groups in total. The predicted molar refractivity (Wildman–Crippen MR) is 110 cm³/mol. The van der Waals surface area contributed by atoms with Crippen LogP contribution in [0.25, 0.3) is 0 Å². The summed E-state index contributed by atoms with van der Waals surface area (Å²) in [7, 11) is 0. The van der Waals surface area contributed by atoms with Crippen molar-refractivity contribution in [1.29, 1.82) is 0 Å². The van der Waals surface area contributed by atoms with Crippen LogP contribution in [-0.2, 0) is 17.8 Å². The summed E-state index contributed by atoms with van der Waals surface area (Å²) in [5.74, 6) is 1.03. The van der Waals surface area contributed by atoms with Gasteiger partial charge in [0.05, 0.1) is 6.54 Å². The van der Waals surface area contributed by atoms with Gasteiger partial charge in [-0.15, -0.1) is 24.0 Å². The minimum absolute atomic E-state index is 0. The predicted octanol–water partition coefficient (Wildman–Crippen LogP) is 2.40. The molecule has 1 heterocycles. The molecule has 1 aliphatic rings. The number of hydrogen-bond acceptors (Lipinski definition) is 2. The van der Waals surface area contributed by atoms with Crippen LogP contribution in [0.4, 0.5) is 0 Å². The second-order valence-electron chi connectivity index (χ2n) is 6.12. The third-order valence-electron chi connectivity index (χ3n) is 3.96. The molecule has 0 aliphatic carbocycles. The molecule has 1 aromatic carbocycles. The Labute approximate surface area is 162 Å². The van der Waals surface area contributed by atoms with E-state index in [0.29, 0.717) is 13.1 Å². The second-order valence-corrected chi connectivity index (χ2v) is 6.12. The number of benzene rings is 1. The van der Waals surface area contributed by atoms with Crippen LogP contribution in [0.2, 0.25) is 0 Å². The fourth-order valence-electron chi connectivity index (χ4n) is 2.65. The summed E-state index contributed by atoms with van der Waals surface area (Å²) in [6, 6.07) is 8.59. The lowest BCUT2D eigenvalue weighted by molar-refractivity contribution is -0.123. The summed E-state index contributed by atoms with van der Waals surface area (Å²) in [5, 5.41) is 6.26. The van der Waals surface area contributed by atoms with Gasteiger partial charge in [-0.3, -0.25) is 9.79 Å². The Bertz CT molecular complexity index is 560. The molecule has 24 heavy (non-hydrogen) atoms. The van der Waals surface area contributed by atoms with Gasteiger partial charge in [-0.05, 0) is 24.5 Å². The van der Waals surface area contributed by atoms with E-state index in [-0.39, 0.29) is 35.8 Å². The molecule has 1 amide bonds. The summed E-state index contributed by atoms with van der Waals surface area (Å²) in [6.07, 6.45) is 1.05. The average Bonchev–Trinajstić information content (AvgIpc) is 2.56. The van der Waals surface area contributed by atoms with Crippen LogP contribution in [0.15, 0.2) is 29.3 Å². The van der Waals surface area contributed by atoms with Crippen molar-refractivity contribution in [3.8, 4) is 0 Å². The highest BCUT2D eigenvalue weighted by Gasteiger charge is 2.18. The summed E-state index contributed by atoms with van der Waals surface area (Å²) in [4.78, 5) is 18.5. The first-order valence-corrected chi connectivity index (χ1v) is 8.49. The van der Waals surface area contributed by atoms with Gasteiger partial charge in [-0.25, -0.2) is 0 Å². The maximum absolute atomic E-state index is 11.6. The summed E-state index contributed by atoms with van der Waals surface area (Å²) in [5.41, 5.74) is 2.81. The van der Waals surface area contributed by atoms with Crippen LogP contribution in [0.5, 0.6) is 0 Å². The molecular formula is C18H29IN4O. The molecule has 0 unspecified atom stereocenters. The van der Waals surface area contributed by atoms with E-state index >= 15 is 0 Å². The Kier molecular flexibility index (Phi) is 9.10. The second kappa shape index (κ2) is 10.5. The first-order chi connectivity index (χ1) is 11.1. The molecule has 0 radical (unpaired) electrons. The fraction of sp³-hybridized carbons (Fsp3) is 0.556. The van der Waals surface area contributed by atoms with E-state index in [2.05, 4.69) is 51.7 Å². The molecule has 1 aliphatic heterocycles. The topological polar surface area (TPSA) is 56.7 Å². The van der Waals surface area contributed by atoms with Crippen LogP contribution in [0.3, 0.4) is 0 Å². The zero-order valence-corrected chi connectivity index (χ0v) is 17.2. The average molecular weight is 444 g/mol. The standard InChI is InChI=1S/C18H28N4O.HI/c1-4-19-18(21-11-10-20-17(23)14(2)3)22-12-9-15-7-5-6-8-16(15)13-22;/h5-8,14H,4,9-13H2,1-3H3,(H,19,21)(H,20,23);1H. The van der Waals surface area contributed by atoms with Crippen LogP contribution in [-0.4, -0.2) is 42.9 Å². The van der Waals surface area contributed by atoms with E-state index in [9.17, 15) is 4.79 Å². The Morgan fingerprint density at radius 1 is 1.25 bits per heavy atom. The molecule has 0 saturated heterocycles. The van der Waals surface area contributed by atoms with Crippen molar-refractivity contribution in [3.05, 3.63) is 35.4 Å². The largest absolute Gasteiger partial charge is 0.357 e. The highest BCUT2D eigenvalue weighted by Crippen LogP contribution is 2.18. The van der Waals surface area contributed by atoms with Gasteiger partial charge in [0.1, 0.15) is 0 Å². The normalized spacial score (nSPS) is 14.0. The zero-order chi connectivity index (χ0) is 16.7. The third-order valence-corrected chi connectivity index (χ3v) is 3.96. The molecule has 134 valence electrons. The number of aliphatic imine (C=N–C) groups is 1. The van der Waals surface area contributed by atoms with Crippen LogP contribution >= 0.6 is 24.0 Å². The van der Waals surface area contributed by atoms with Crippen molar-refractivity contribution >= 4 is 35.8 Å². The van der Waals surface area contributed by atoms with Crippen molar-refractivity contribution in [2.75, 3.05) is 26.2 Å². The molecular weight excluding hydrogens is 415 g/mol. The van der Waals surface area contributed by atoms with E-state index < -0.39 is 0 Å². The number of amides is 1. The lowest BCUT2D eigenvalue weighted by atomic mass is 10.0. The lowest BCUT2D eigenvalue weighted by Gasteiger charge is -2.31. The van der Waals surface area contributed by atoms with Crippen LogP contribution in [0, 0.1) is 5.92 Å². The molecule has 0 saturated carbocycles. The molecule has 6 heteroatoms. The number of carbonyl (C=O) groups is 1. The lowest BCUT2D eigenvalue weighted by Crippen LogP contribution is -2.44. The van der Waals surface area contributed by atoms with Gasteiger partial charge in [0, 0.05) is 32.1 Å². The number of carbonyl (C=O) groups excluding carboxylic acids is 1. The Morgan fingerprint density at radius 3 is 2.62 bits per heavy atom. The number of fused-ring (bicyclic) bond motifs is 1. The van der Waals surface area contributed by atoms with E-state index in [0.717, 1.165) is 32.0 Å².